The van der Waals surface area contributed by atoms with Gasteiger partial charge in [-0.1, -0.05) is 119 Å². The fourth-order valence-corrected chi connectivity index (χ4v) is 5.99. The summed E-state index contributed by atoms with van der Waals surface area (Å²) in [6.45, 7) is 16.5. The zero-order valence-corrected chi connectivity index (χ0v) is 31.8. The van der Waals surface area contributed by atoms with Crippen LogP contribution in [-0.2, 0) is 22.5 Å². The zero-order chi connectivity index (χ0) is 35.6. The van der Waals surface area contributed by atoms with Gasteiger partial charge in [0.25, 0.3) is 0 Å². The van der Waals surface area contributed by atoms with E-state index < -0.39 is 15.6 Å². The molecule has 0 bridgehead atoms. The van der Waals surface area contributed by atoms with E-state index in [1.54, 1.807) is 36.5 Å². The van der Waals surface area contributed by atoms with Crippen molar-refractivity contribution in [3.8, 4) is 0 Å². The van der Waals surface area contributed by atoms with Gasteiger partial charge in [0, 0.05) is 0 Å². The summed E-state index contributed by atoms with van der Waals surface area (Å²) in [6, 6.07) is 0. The second-order valence-electron chi connectivity index (χ2n) is 12.1. The van der Waals surface area contributed by atoms with Crippen LogP contribution in [0, 0.1) is 0 Å². The Morgan fingerprint density at radius 1 is 0.511 bits per heavy atom. The van der Waals surface area contributed by atoms with Gasteiger partial charge in [0.1, 0.15) is 0 Å². The molecule has 0 saturated heterocycles. The number of hydrogen-bond acceptors (Lipinski definition) is 5. The van der Waals surface area contributed by atoms with Crippen LogP contribution in [-0.4, -0.2) is 23.0 Å². The van der Waals surface area contributed by atoms with Crippen LogP contribution in [0.5, 0.6) is 0 Å². The Balaban J connectivity index is 4.69. The third kappa shape index (κ3) is 30.7. The van der Waals surface area contributed by atoms with Crippen molar-refractivity contribution in [3.63, 3.8) is 0 Å². The molecule has 9 heteroatoms. The molecule has 0 saturated carbocycles. The first-order valence-corrected chi connectivity index (χ1v) is 19.3. The van der Waals surface area contributed by atoms with Crippen LogP contribution in [0.15, 0.2) is 119 Å². The van der Waals surface area contributed by atoms with Crippen molar-refractivity contribution in [1.29, 1.82) is 0 Å². The first kappa shape index (κ1) is 44.7. The van der Waals surface area contributed by atoms with Gasteiger partial charge in [-0.3, -0.25) is 9.05 Å². The molecule has 264 valence electrons. The van der Waals surface area contributed by atoms with Crippen LogP contribution in [0.1, 0.15) is 107 Å². The Kier molecular flexibility index (Phi) is 25.3. The average Bonchev–Trinajstić information content (AvgIpc) is 2.95. The van der Waals surface area contributed by atoms with Gasteiger partial charge < -0.3 is 9.79 Å². The lowest BCUT2D eigenvalue weighted by atomic mass is 10.1. The monoisotopic (exact) mass is 690 g/mol. The summed E-state index contributed by atoms with van der Waals surface area (Å²) in [5.41, 5.74) is 7.99. The summed E-state index contributed by atoms with van der Waals surface area (Å²) < 4.78 is 38.7. The molecular weight excluding hydrogens is 630 g/mol. The molecule has 0 rings (SSSR count). The lowest BCUT2D eigenvalue weighted by Crippen LogP contribution is -1.99. The van der Waals surface area contributed by atoms with Gasteiger partial charge in [0.2, 0.25) is 0 Å². The minimum Gasteiger partial charge on any atom is -0.302 e. The largest absolute Gasteiger partial charge is 0.484 e. The lowest BCUT2D eigenvalue weighted by Gasteiger charge is -2.16. The number of allylic oxidation sites excluding steroid dienone is 18. The molecule has 7 nitrogen and oxygen atoms in total. The second-order valence-corrected chi connectivity index (χ2v) is 15.1. The van der Waals surface area contributed by atoms with Crippen LogP contribution in [0.4, 0.5) is 0 Å². The fraction of sp³-hybridized carbons (Fsp3) is 0.474. The normalized spacial score (nSPS) is 15.4. The highest BCUT2D eigenvalue weighted by atomic mass is 31.3. The molecule has 0 aromatic heterocycles. The molecule has 47 heavy (non-hydrogen) atoms. The Morgan fingerprint density at radius 3 is 1.23 bits per heavy atom. The van der Waals surface area contributed by atoms with E-state index in [9.17, 15) is 18.9 Å². The molecule has 0 unspecified atom stereocenters. The standard InChI is InChI=1S/C38H60O7P2/c1-33(2)21-17-25-37(7)29-19-27-35(5)23-13-9-11-15-31-43-47(42,45-46(39,40)41)44-32-16-12-10-14-24-36(6)28-20-30-38(8)26-18-22-34(3)4/h9-16,21-24,29-30H,17-20,25-28,31-32H2,1-8H3,(H2,39,40,41)/b13-9+,14-10+,15-11-,16-12-,35-23-,36-24-,37-29+,38-30+. The van der Waals surface area contributed by atoms with Crippen molar-refractivity contribution in [2.24, 2.45) is 0 Å². The Bertz CT molecular complexity index is 1220. The van der Waals surface area contributed by atoms with E-state index in [0.29, 0.717) is 0 Å². The highest BCUT2D eigenvalue weighted by Gasteiger charge is 2.35. The van der Waals surface area contributed by atoms with Gasteiger partial charge in [0.05, 0.1) is 13.2 Å². The Hall–Kier alpha value is -2.34. The predicted molar refractivity (Wildman–Crippen MR) is 200 cm³/mol. The molecule has 0 fully saturated rings. The Morgan fingerprint density at radius 2 is 0.872 bits per heavy atom. The van der Waals surface area contributed by atoms with Crippen LogP contribution in [0.2, 0.25) is 0 Å². The van der Waals surface area contributed by atoms with Crippen molar-refractivity contribution >= 4 is 15.6 Å². The molecule has 0 aliphatic rings. The predicted octanol–water partition coefficient (Wildman–Crippen LogP) is 12.3. The molecule has 0 aliphatic carbocycles. The third-order valence-corrected chi connectivity index (χ3v) is 9.17. The molecule has 0 radical (unpaired) electrons. The summed E-state index contributed by atoms with van der Waals surface area (Å²) in [5, 5.41) is 0. The quantitative estimate of drug-likeness (QED) is 0.0590. The molecule has 2 N–H and O–H groups in total. The van der Waals surface area contributed by atoms with Gasteiger partial charge in [-0.05, 0) is 107 Å². The van der Waals surface area contributed by atoms with Gasteiger partial charge in [-0.15, -0.1) is 0 Å². The number of hydrogen-bond donors (Lipinski definition) is 2. The first-order valence-electron chi connectivity index (χ1n) is 16.3. The first-order chi connectivity index (χ1) is 22.1. The molecule has 0 atom stereocenters. The highest BCUT2D eigenvalue weighted by Crippen LogP contribution is 2.61. The van der Waals surface area contributed by atoms with E-state index in [4.69, 9.17) is 9.05 Å². The minimum absolute atomic E-state index is 0.223. The summed E-state index contributed by atoms with van der Waals surface area (Å²) in [5.74, 6) is 0. The summed E-state index contributed by atoms with van der Waals surface area (Å²) in [4.78, 5) is 18.4. The van der Waals surface area contributed by atoms with Crippen LogP contribution in [0.25, 0.3) is 0 Å². The van der Waals surface area contributed by atoms with E-state index in [0.717, 1.165) is 51.4 Å². The van der Waals surface area contributed by atoms with Crippen molar-refractivity contribution in [2.45, 2.75) is 107 Å². The summed E-state index contributed by atoms with van der Waals surface area (Å²) in [6.07, 6.45) is 35.2. The van der Waals surface area contributed by atoms with E-state index in [1.165, 1.54) is 33.4 Å². The van der Waals surface area contributed by atoms with E-state index in [1.807, 2.05) is 24.3 Å². The number of phosphoric acid groups is 2. The fourth-order valence-electron chi connectivity index (χ4n) is 3.96. The van der Waals surface area contributed by atoms with E-state index in [2.05, 4.69) is 84.0 Å². The SMILES string of the molecule is CC(C)=CCC/C(C)=C/CC\C(C)=C/C=C/C=C\COP(=O)(OC\C=C/C=C/C=C(/C)CC/C=C(\C)CCC=C(C)C)OP(=O)(O)O. The number of rotatable bonds is 24. The second kappa shape index (κ2) is 26.6. The highest BCUT2D eigenvalue weighted by molar-refractivity contribution is 7.61. The maximum absolute atomic E-state index is 12.8. The van der Waals surface area contributed by atoms with Crippen molar-refractivity contribution in [1.82, 2.24) is 0 Å². The molecule has 0 aromatic carbocycles. The number of phosphoric ester groups is 1. The zero-order valence-electron chi connectivity index (χ0n) is 30.0. The van der Waals surface area contributed by atoms with Crippen LogP contribution < -0.4 is 0 Å². The van der Waals surface area contributed by atoms with Crippen molar-refractivity contribution in [2.75, 3.05) is 13.2 Å². The topological polar surface area (TPSA) is 102 Å². The Labute approximate surface area is 285 Å². The van der Waals surface area contributed by atoms with Gasteiger partial charge in [-0.2, -0.15) is 4.31 Å². The molecule has 0 aliphatic heterocycles. The van der Waals surface area contributed by atoms with Gasteiger partial charge in [-0.25, -0.2) is 9.13 Å². The third-order valence-electron chi connectivity index (χ3n) is 6.59. The maximum Gasteiger partial charge on any atom is 0.484 e. The summed E-state index contributed by atoms with van der Waals surface area (Å²) >= 11 is 0. The molecule has 0 heterocycles. The lowest BCUT2D eigenvalue weighted by molar-refractivity contribution is 0.160. The van der Waals surface area contributed by atoms with Crippen molar-refractivity contribution < 1.29 is 32.3 Å². The van der Waals surface area contributed by atoms with Crippen molar-refractivity contribution in [3.05, 3.63) is 119 Å². The van der Waals surface area contributed by atoms with Gasteiger partial charge >= 0.3 is 15.6 Å². The average molecular weight is 691 g/mol. The van der Waals surface area contributed by atoms with Crippen LogP contribution in [0.3, 0.4) is 0 Å². The van der Waals surface area contributed by atoms with E-state index >= 15 is 0 Å². The van der Waals surface area contributed by atoms with E-state index in [-0.39, 0.29) is 13.2 Å². The minimum atomic E-state index is -5.11. The molecule has 0 aromatic rings. The van der Waals surface area contributed by atoms with Gasteiger partial charge in [0.15, 0.2) is 0 Å². The molecule has 0 spiro atoms. The smallest absolute Gasteiger partial charge is 0.302 e. The molecular formula is C38H60O7P2. The molecule has 0 amide bonds. The van der Waals surface area contributed by atoms with Crippen LogP contribution >= 0.6 is 15.6 Å². The summed E-state index contributed by atoms with van der Waals surface area (Å²) in [7, 11) is -9.62. The maximum atomic E-state index is 12.8.